The van der Waals surface area contributed by atoms with E-state index < -0.39 is 0 Å². The first-order valence-corrected chi connectivity index (χ1v) is 10.4. The van der Waals surface area contributed by atoms with Gasteiger partial charge in [-0.15, -0.1) is 0 Å². The van der Waals surface area contributed by atoms with E-state index in [1.54, 1.807) is 20.3 Å². The molecule has 142 valence electrons. The van der Waals surface area contributed by atoms with Gasteiger partial charge in [0, 0.05) is 11.5 Å². The highest BCUT2D eigenvalue weighted by atomic mass is 79.9. The first-order valence-electron chi connectivity index (χ1n) is 8.48. The zero-order valence-electron chi connectivity index (χ0n) is 14.7. The van der Waals surface area contributed by atoms with Gasteiger partial charge in [0.1, 0.15) is 0 Å². The summed E-state index contributed by atoms with van der Waals surface area (Å²) in [6.45, 7) is 0. The monoisotopic (exact) mass is 487 g/mol. The predicted octanol–water partition coefficient (Wildman–Crippen LogP) is 7.25. The van der Waals surface area contributed by atoms with Crippen molar-refractivity contribution in [2.75, 3.05) is 19.5 Å². The van der Waals surface area contributed by atoms with E-state index in [0.29, 0.717) is 32.5 Å². The summed E-state index contributed by atoms with van der Waals surface area (Å²) in [6.07, 6.45) is 5.33. The van der Waals surface area contributed by atoms with Crippen LogP contribution in [0, 0.1) is 5.92 Å². The van der Waals surface area contributed by atoms with Crippen molar-refractivity contribution in [2.24, 2.45) is 5.92 Å². The largest absolute Gasteiger partial charge is 0.493 e. The van der Waals surface area contributed by atoms with Gasteiger partial charge in [-0.3, -0.25) is 0 Å². The first kappa shape index (κ1) is 19.3. The van der Waals surface area contributed by atoms with Crippen LogP contribution in [0.2, 0.25) is 15.1 Å². The standard InChI is InChI=1S/C20H17BrCl3NO2/c1-26-15-7-9(6-12(21)20(15)27-2)18-11-5-3-4-10(11)16-17(24)13(22)8-14(23)19(16)25-18/h3-4,6-8,10-11,18,25H,5H2,1-2H3/t10-,11+,18+/m1/s1. The molecule has 0 unspecified atom stereocenters. The molecule has 3 atom stereocenters. The molecule has 1 N–H and O–H groups in total. The van der Waals surface area contributed by atoms with Crippen molar-refractivity contribution < 1.29 is 9.47 Å². The van der Waals surface area contributed by atoms with E-state index >= 15 is 0 Å². The minimum absolute atomic E-state index is 0.0448. The van der Waals surface area contributed by atoms with Gasteiger partial charge in [0.2, 0.25) is 0 Å². The maximum absolute atomic E-state index is 6.55. The number of halogens is 4. The molecule has 0 aromatic heterocycles. The van der Waals surface area contributed by atoms with Crippen molar-refractivity contribution in [3.05, 3.63) is 61.0 Å². The fraction of sp³-hybridized carbons (Fsp3) is 0.300. The number of benzene rings is 2. The molecule has 0 radical (unpaired) electrons. The zero-order chi connectivity index (χ0) is 19.3. The third-order valence-corrected chi connectivity index (χ3v) is 6.99. The van der Waals surface area contributed by atoms with E-state index in [-0.39, 0.29) is 12.0 Å². The number of anilines is 1. The fourth-order valence-electron chi connectivity index (χ4n) is 4.11. The van der Waals surface area contributed by atoms with E-state index in [4.69, 9.17) is 44.3 Å². The molecule has 0 saturated heterocycles. The molecule has 1 aliphatic carbocycles. The maximum atomic E-state index is 6.55. The lowest BCUT2D eigenvalue weighted by Gasteiger charge is -2.38. The molecule has 27 heavy (non-hydrogen) atoms. The lowest BCUT2D eigenvalue weighted by atomic mass is 9.77. The van der Waals surface area contributed by atoms with Gasteiger partial charge >= 0.3 is 0 Å². The summed E-state index contributed by atoms with van der Waals surface area (Å²) >= 11 is 22.9. The summed E-state index contributed by atoms with van der Waals surface area (Å²) in [5.74, 6) is 1.81. The average molecular weight is 490 g/mol. The molecule has 0 spiro atoms. The van der Waals surface area contributed by atoms with Crippen LogP contribution in [0.4, 0.5) is 5.69 Å². The van der Waals surface area contributed by atoms with Gasteiger partial charge in [0.15, 0.2) is 11.5 Å². The SMILES string of the molecule is COc1cc([C@@H]2Nc3c(Cl)cc(Cl)c(Cl)c3[C@@H]3C=CC[C@@H]32)cc(Br)c1OC. The van der Waals surface area contributed by atoms with E-state index in [0.717, 1.165) is 27.7 Å². The zero-order valence-corrected chi connectivity index (χ0v) is 18.5. The van der Waals surface area contributed by atoms with Crippen LogP contribution >= 0.6 is 50.7 Å². The molecule has 4 rings (SSSR count). The molecule has 1 heterocycles. The Bertz CT molecular complexity index is 948. The number of fused-ring (bicyclic) bond motifs is 3. The van der Waals surface area contributed by atoms with Gasteiger partial charge in [-0.25, -0.2) is 0 Å². The van der Waals surface area contributed by atoms with Gasteiger partial charge in [0.05, 0.1) is 45.5 Å². The smallest absolute Gasteiger partial charge is 0.174 e. The molecular formula is C20H17BrCl3NO2. The van der Waals surface area contributed by atoms with Crippen LogP contribution in [0.3, 0.4) is 0 Å². The summed E-state index contributed by atoms with van der Waals surface area (Å²) in [5, 5.41) is 5.22. The summed E-state index contributed by atoms with van der Waals surface area (Å²) in [7, 11) is 3.26. The Kier molecular flexibility index (Phi) is 5.28. The second-order valence-electron chi connectivity index (χ2n) is 6.66. The quantitative estimate of drug-likeness (QED) is 0.364. The van der Waals surface area contributed by atoms with Gasteiger partial charge in [-0.2, -0.15) is 0 Å². The second-order valence-corrected chi connectivity index (χ2v) is 8.70. The molecule has 0 amide bonds. The minimum Gasteiger partial charge on any atom is -0.493 e. The van der Waals surface area contributed by atoms with Gasteiger partial charge in [-0.05, 0) is 52.0 Å². The number of ether oxygens (including phenoxy) is 2. The van der Waals surface area contributed by atoms with Crippen LogP contribution in [0.25, 0.3) is 0 Å². The third kappa shape index (κ3) is 3.11. The normalized spacial score (nSPS) is 22.8. The first-order chi connectivity index (χ1) is 13.0. The Hall–Kier alpha value is -1.07. The van der Waals surface area contributed by atoms with E-state index in [9.17, 15) is 0 Å². The summed E-state index contributed by atoms with van der Waals surface area (Å²) in [5.41, 5.74) is 2.91. The van der Waals surface area contributed by atoms with E-state index in [1.165, 1.54) is 0 Å². The van der Waals surface area contributed by atoms with Crippen molar-refractivity contribution >= 4 is 56.4 Å². The predicted molar refractivity (Wildman–Crippen MR) is 115 cm³/mol. The van der Waals surface area contributed by atoms with Gasteiger partial charge in [0.25, 0.3) is 0 Å². The molecule has 0 fully saturated rings. The lowest BCUT2D eigenvalue weighted by molar-refractivity contribution is 0.351. The minimum atomic E-state index is 0.0448. The molecule has 3 nitrogen and oxygen atoms in total. The number of hydrogen-bond acceptors (Lipinski definition) is 3. The highest BCUT2D eigenvalue weighted by Crippen LogP contribution is 2.55. The fourth-order valence-corrected chi connectivity index (χ4v) is 5.54. The highest BCUT2D eigenvalue weighted by Gasteiger charge is 2.41. The lowest BCUT2D eigenvalue weighted by Crippen LogP contribution is -2.29. The summed E-state index contributed by atoms with van der Waals surface area (Å²) < 4.78 is 11.8. The van der Waals surface area contributed by atoms with Crippen molar-refractivity contribution in [3.8, 4) is 11.5 Å². The summed E-state index contributed by atoms with van der Waals surface area (Å²) in [4.78, 5) is 0. The van der Waals surface area contributed by atoms with Crippen molar-refractivity contribution in [2.45, 2.75) is 18.4 Å². The number of hydrogen-bond donors (Lipinski definition) is 1. The van der Waals surface area contributed by atoms with Crippen LogP contribution in [-0.2, 0) is 0 Å². The summed E-state index contributed by atoms with van der Waals surface area (Å²) in [6, 6.07) is 5.80. The molecule has 0 saturated carbocycles. The second kappa shape index (κ2) is 7.40. The average Bonchev–Trinajstić information content (AvgIpc) is 3.14. The van der Waals surface area contributed by atoms with E-state index in [1.807, 2.05) is 6.07 Å². The Morgan fingerprint density at radius 2 is 1.85 bits per heavy atom. The number of methoxy groups -OCH3 is 2. The maximum Gasteiger partial charge on any atom is 0.174 e. The Labute approximate surface area is 181 Å². The molecule has 7 heteroatoms. The highest BCUT2D eigenvalue weighted by molar-refractivity contribution is 9.10. The van der Waals surface area contributed by atoms with E-state index in [2.05, 4.69) is 39.5 Å². The molecule has 2 aliphatic rings. The van der Waals surface area contributed by atoms with Gasteiger partial charge in [-0.1, -0.05) is 47.0 Å². The topological polar surface area (TPSA) is 30.5 Å². The van der Waals surface area contributed by atoms with Crippen molar-refractivity contribution in [3.63, 3.8) is 0 Å². The Morgan fingerprint density at radius 1 is 1.07 bits per heavy atom. The third-order valence-electron chi connectivity index (χ3n) is 5.30. The van der Waals surface area contributed by atoms with Crippen molar-refractivity contribution in [1.29, 1.82) is 0 Å². The molecule has 2 aromatic rings. The van der Waals surface area contributed by atoms with Crippen LogP contribution in [-0.4, -0.2) is 14.2 Å². The molecule has 2 aromatic carbocycles. The van der Waals surface area contributed by atoms with Crippen LogP contribution in [0.1, 0.15) is 29.5 Å². The number of allylic oxidation sites excluding steroid dienone is 2. The van der Waals surface area contributed by atoms with Crippen LogP contribution in [0.5, 0.6) is 11.5 Å². The van der Waals surface area contributed by atoms with Crippen molar-refractivity contribution in [1.82, 2.24) is 0 Å². The number of rotatable bonds is 3. The Balaban J connectivity index is 1.85. The molecule has 1 aliphatic heterocycles. The van der Waals surface area contributed by atoms with Gasteiger partial charge < -0.3 is 14.8 Å². The number of nitrogens with one attached hydrogen (secondary N) is 1. The van der Waals surface area contributed by atoms with Crippen LogP contribution in [0.15, 0.2) is 34.8 Å². The molecular weight excluding hydrogens is 472 g/mol. The van der Waals surface area contributed by atoms with Crippen LogP contribution < -0.4 is 14.8 Å². The molecule has 0 bridgehead atoms. The Morgan fingerprint density at radius 3 is 2.56 bits per heavy atom.